The van der Waals surface area contributed by atoms with Crippen molar-refractivity contribution in [3.8, 4) is 11.3 Å². The molecule has 0 radical (unpaired) electrons. The summed E-state index contributed by atoms with van der Waals surface area (Å²) >= 11 is 1.38. The number of rotatable bonds is 4. The Labute approximate surface area is 178 Å². The Morgan fingerprint density at radius 3 is 3.03 bits per heavy atom. The summed E-state index contributed by atoms with van der Waals surface area (Å²) in [6, 6.07) is 8.40. The van der Waals surface area contributed by atoms with Crippen LogP contribution in [0.4, 0.5) is 11.1 Å². The van der Waals surface area contributed by atoms with E-state index in [1.807, 2.05) is 42.4 Å². The van der Waals surface area contributed by atoms with Crippen molar-refractivity contribution < 1.29 is 4.79 Å². The number of carbonyl (C=O) groups is 1. The van der Waals surface area contributed by atoms with Crippen LogP contribution in [-0.2, 0) is 6.54 Å². The van der Waals surface area contributed by atoms with Crippen LogP contribution in [0.1, 0.15) is 28.0 Å². The number of anilines is 2. The quantitative estimate of drug-likeness (QED) is 0.675. The smallest absolute Gasteiger partial charge is 0.273 e. The van der Waals surface area contributed by atoms with Crippen molar-refractivity contribution in [3.63, 3.8) is 0 Å². The van der Waals surface area contributed by atoms with Crippen molar-refractivity contribution in [2.75, 3.05) is 25.5 Å². The molecule has 5 rings (SSSR count). The van der Waals surface area contributed by atoms with E-state index in [4.69, 9.17) is 4.98 Å². The molecule has 1 saturated heterocycles. The third-order valence-electron chi connectivity index (χ3n) is 5.40. The minimum atomic E-state index is -0.0361. The van der Waals surface area contributed by atoms with Gasteiger partial charge in [0.1, 0.15) is 5.69 Å². The Morgan fingerprint density at radius 2 is 2.17 bits per heavy atom. The molecule has 9 heteroatoms. The highest BCUT2D eigenvalue weighted by atomic mass is 32.1. The fraction of sp³-hybridized carbons (Fsp3) is 0.286. The molecule has 2 aliphatic heterocycles. The normalized spacial score (nSPS) is 17.4. The van der Waals surface area contributed by atoms with E-state index in [2.05, 4.69) is 25.6 Å². The molecule has 0 saturated carbocycles. The summed E-state index contributed by atoms with van der Waals surface area (Å²) in [5, 5.41) is 8.76. The molecule has 4 heterocycles. The molecule has 1 aromatic carbocycles. The number of nitrogens with zero attached hydrogens (tertiary/aromatic N) is 5. The first-order valence-electron chi connectivity index (χ1n) is 9.85. The van der Waals surface area contributed by atoms with E-state index in [1.165, 1.54) is 11.3 Å². The number of thiazole rings is 1. The van der Waals surface area contributed by atoms with E-state index in [0.717, 1.165) is 35.3 Å². The number of fused-ring (bicyclic) bond motifs is 3. The lowest BCUT2D eigenvalue weighted by Gasteiger charge is -2.14. The molecule has 2 aliphatic rings. The molecule has 1 fully saturated rings. The zero-order valence-corrected chi connectivity index (χ0v) is 17.3. The van der Waals surface area contributed by atoms with Gasteiger partial charge in [0.05, 0.1) is 12.2 Å². The van der Waals surface area contributed by atoms with Gasteiger partial charge in [0.15, 0.2) is 5.13 Å². The van der Waals surface area contributed by atoms with Crippen molar-refractivity contribution in [1.82, 2.24) is 25.2 Å². The first kappa shape index (κ1) is 18.8. The van der Waals surface area contributed by atoms with Crippen LogP contribution < -0.4 is 10.6 Å². The van der Waals surface area contributed by atoms with Gasteiger partial charge in [-0.05, 0) is 13.5 Å². The van der Waals surface area contributed by atoms with Gasteiger partial charge in [0.2, 0.25) is 5.95 Å². The molecule has 1 unspecified atom stereocenters. The van der Waals surface area contributed by atoms with Crippen molar-refractivity contribution in [1.29, 1.82) is 0 Å². The SMILES string of the molecule is CNC1CCN(C(=O)c2csc(Nc3ncc4c(n3)-c3ccccc3C=NC4)n2)C1. The van der Waals surface area contributed by atoms with Crippen LogP contribution in [0.25, 0.3) is 11.3 Å². The van der Waals surface area contributed by atoms with Crippen molar-refractivity contribution in [2.24, 2.45) is 4.99 Å². The van der Waals surface area contributed by atoms with Crippen LogP contribution in [0.5, 0.6) is 0 Å². The highest BCUT2D eigenvalue weighted by Gasteiger charge is 2.27. The Hall–Kier alpha value is -3.17. The van der Waals surface area contributed by atoms with Gasteiger partial charge in [-0.25, -0.2) is 15.0 Å². The third kappa shape index (κ3) is 3.57. The Morgan fingerprint density at radius 1 is 1.27 bits per heavy atom. The maximum atomic E-state index is 12.7. The number of nitrogens with one attached hydrogen (secondary N) is 2. The lowest BCUT2D eigenvalue weighted by Crippen LogP contribution is -2.33. The molecule has 1 atom stereocenters. The summed E-state index contributed by atoms with van der Waals surface area (Å²) in [6.45, 7) is 2.01. The number of hydrogen-bond donors (Lipinski definition) is 2. The lowest BCUT2D eigenvalue weighted by molar-refractivity contribution is 0.0785. The molecule has 152 valence electrons. The second-order valence-corrected chi connectivity index (χ2v) is 8.17. The predicted octanol–water partition coefficient (Wildman–Crippen LogP) is 2.71. The number of amides is 1. The molecule has 0 bridgehead atoms. The van der Waals surface area contributed by atoms with Gasteiger partial charge in [-0.1, -0.05) is 24.3 Å². The second kappa shape index (κ2) is 7.92. The van der Waals surface area contributed by atoms with Crippen LogP contribution in [0, 0.1) is 0 Å². The van der Waals surface area contributed by atoms with Crippen molar-refractivity contribution in [3.05, 3.63) is 52.7 Å². The Kier molecular flexibility index (Phi) is 4.97. The van der Waals surface area contributed by atoms with Gasteiger partial charge in [-0.2, -0.15) is 0 Å². The highest BCUT2D eigenvalue weighted by molar-refractivity contribution is 7.14. The molecule has 30 heavy (non-hydrogen) atoms. The molecule has 8 nitrogen and oxygen atoms in total. The lowest BCUT2D eigenvalue weighted by atomic mass is 10.0. The third-order valence-corrected chi connectivity index (χ3v) is 6.16. The number of hydrogen-bond acceptors (Lipinski definition) is 8. The Bertz CT molecular complexity index is 1130. The van der Waals surface area contributed by atoms with Gasteiger partial charge in [-0.3, -0.25) is 9.79 Å². The number of aliphatic imine (C=N–C) groups is 1. The Balaban J connectivity index is 1.36. The minimum Gasteiger partial charge on any atom is -0.336 e. The molecule has 1 amide bonds. The summed E-state index contributed by atoms with van der Waals surface area (Å²) in [6.07, 6.45) is 4.64. The number of likely N-dealkylation sites (N-methyl/N-ethyl adjacent to an activating group) is 1. The van der Waals surface area contributed by atoms with E-state index < -0.39 is 0 Å². The van der Waals surface area contributed by atoms with Gasteiger partial charge < -0.3 is 15.5 Å². The summed E-state index contributed by atoms with van der Waals surface area (Å²) in [4.78, 5) is 32.6. The van der Waals surface area contributed by atoms with E-state index in [0.29, 0.717) is 35.9 Å². The summed E-state index contributed by atoms with van der Waals surface area (Å²) in [7, 11) is 1.93. The maximum Gasteiger partial charge on any atom is 0.273 e. The summed E-state index contributed by atoms with van der Waals surface area (Å²) in [5.41, 5.74) is 4.36. The topological polar surface area (TPSA) is 95.4 Å². The van der Waals surface area contributed by atoms with E-state index in [-0.39, 0.29) is 5.91 Å². The van der Waals surface area contributed by atoms with Crippen molar-refractivity contribution in [2.45, 2.75) is 19.0 Å². The molecular formula is C21H21N7OS. The largest absolute Gasteiger partial charge is 0.336 e. The molecule has 3 aromatic rings. The molecule has 0 aliphatic carbocycles. The van der Waals surface area contributed by atoms with Crippen LogP contribution in [0.2, 0.25) is 0 Å². The van der Waals surface area contributed by atoms with E-state index >= 15 is 0 Å². The molecule has 2 N–H and O–H groups in total. The standard InChI is InChI=1S/C21H21N7OS/c1-22-15-6-7-28(11-15)19(29)17-12-30-21(25-17)27-20-24-10-14-9-23-8-13-4-2-3-5-16(13)18(14)26-20/h2-5,8,10,12,15,22H,6-7,9,11H2,1H3,(H,24,25,26,27). The highest BCUT2D eigenvalue weighted by Crippen LogP contribution is 2.29. The molecule has 0 spiro atoms. The van der Waals surface area contributed by atoms with Gasteiger partial charge in [0, 0.05) is 53.6 Å². The first-order valence-corrected chi connectivity index (χ1v) is 10.7. The summed E-state index contributed by atoms with van der Waals surface area (Å²) in [5.74, 6) is 0.418. The van der Waals surface area contributed by atoms with Gasteiger partial charge >= 0.3 is 0 Å². The zero-order valence-electron chi connectivity index (χ0n) is 16.5. The first-order chi connectivity index (χ1) is 14.7. The van der Waals surface area contributed by atoms with Crippen LogP contribution in [-0.4, -0.2) is 58.2 Å². The van der Waals surface area contributed by atoms with E-state index in [1.54, 1.807) is 11.6 Å². The maximum absolute atomic E-state index is 12.7. The number of benzene rings is 1. The average molecular weight is 420 g/mol. The average Bonchev–Trinajstić information content (AvgIpc) is 3.40. The monoisotopic (exact) mass is 419 g/mol. The van der Waals surface area contributed by atoms with Gasteiger partial charge in [-0.15, -0.1) is 11.3 Å². The number of aromatic nitrogens is 3. The molecule has 2 aromatic heterocycles. The van der Waals surface area contributed by atoms with Gasteiger partial charge in [0.25, 0.3) is 5.91 Å². The van der Waals surface area contributed by atoms with Crippen molar-refractivity contribution >= 4 is 34.5 Å². The predicted molar refractivity (Wildman–Crippen MR) is 118 cm³/mol. The second-order valence-electron chi connectivity index (χ2n) is 7.31. The van der Waals surface area contributed by atoms with Crippen LogP contribution in [0.3, 0.4) is 0 Å². The number of likely N-dealkylation sites (tertiary alicyclic amines) is 1. The fourth-order valence-corrected chi connectivity index (χ4v) is 4.43. The fourth-order valence-electron chi connectivity index (χ4n) is 3.75. The molecular weight excluding hydrogens is 398 g/mol. The summed E-state index contributed by atoms with van der Waals surface area (Å²) < 4.78 is 0. The van der Waals surface area contributed by atoms with E-state index in [9.17, 15) is 4.79 Å². The zero-order chi connectivity index (χ0) is 20.5. The number of carbonyl (C=O) groups excluding carboxylic acids is 1. The minimum absolute atomic E-state index is 0.0361. The van der Waals surface area contributed by atoms with Crippen LogP contribution >= 0.6 is 11.3 Å². The van der Waals surface area contributed by atoms with Crippen LogP contribution in [0.15, 0.2) is 40.8 Å².